The number of hydrogen-bond acceptors (Lipinski definition) is 12. The number of fused-ring (bicyclic) bond motifs is 3. The molecule has 0 aromatic heterocycles. The number of carbonyl (C=O) groups excluding carboxylic acids is 7. The first-order valence-electron chi connectivity index (χ1n) is 17.7. The quantitative estimate of drug-likeness (QED) is 0.246. The van der Waals surface area contributed by atoms with Crippen LogP contribution in [0.1, 0.15) is 103 Å². The summed E-state index contributed by atoms with van der Waals surface area (Å²) in [7, 11) is 0. The Balaban J connectivity index is 0.000000145. The number of nitrogens with one attached hydrogen (secondary N) is 3. The van der Waals surface area contributed by atoms with Crippen LogP contribution in [0.2, 0.25) is 0 Å². The monoisotopic (exact) mass is 870 g/mol. The molecule has 3 aromatic carbocycles. The number of thiocarbonyl (C=S) groups is 5. The van der Waals surface area contributed by atoms with Crippen molar-refractivity contribution in [1.82, 2.24) is 30.7 Å². The molecule has 0 aliphatic carbocycles. The molecular formula is C40H34N6O7S5. The highest BCUT2D eigenvalue weighted by molar-refractivity contribution is 7.82. The average molecular weight is 871 g/mol. The topological polar surface area (TPSA) is 165 Å². The first-order valence-corrected chi connectivity index (χ1v) is 19.7. The van der Waals surface area contributed by atoms with E-state index in [9.17, 15) is 33.6 Å². The van der Waals surface area contributed by atoms with Crippen LogP contribution in [-0.2, 0) is 9.59 Å². The number of carbonyl (C=O) groups is 7. The van der Waals surface area contributed by atoms with Gasteiger partial charge in [0.15, 0.2) is 0 Å². The summed E-state index contributed by atoms with van der Waals surface area (Å²) >= 11 is 26.1. The lowest BCUT2D eigenvalue weighted by molar-refractivity contribution is -0.136. The van der Waals surface area contributed by atoms with Gasteiger partial charge in [-0.1, -0.05) is 111 Å². The van der Waals surface area contributed by atoms with Gasteiger partial charge in [-0.25, -0.2) is 0 Å². The van der Waals surface area contributed by atoms with E-state index in [0.717, 1.165) is 28.3 Å². The Morgan fingerprint density at radius 3 is 1.14 bits per heavy atom. The second kappa shape index (κ2) is 17.2. The number of rotatable bonds is 3. The zero-order chi connectivity index (χ0) is 40.7. The zero-order valence-corrected chi connectivity index (χ0v) is 33.7. The van der Waals surface area contributed by atoms with Gasteiger partial charge in [-0.15, -0.1) is 0 Å². The summed E-state index contributed by atoms with van der Waals surface area (Å²) in [4.78, 5) is 91.1. The van der Waals surface area contributed by atoms with Gasteiger partial charge in [0.25, 0.3) is 29.5 Å². The number of benzene rings is 3. The minimum atomic E-state index is -0.898. The van der Waals surface area contributed by atoms with Crippen molar-refractivity contribution in [1.29, 1.82) is 0 Å². The third kappa shape index (κ3) is 7.77. The van der Waals surface area contributed by atoms with E-state index in [1.165, 1.54) is 4.90 Å². The first kappa shape index (κ1) is 42.2. The standard InChI is InChI=1S/C13H10N2O4.C13H10N2O2S2.C13H10N2OS3.CH4/c16-10-6-5-9(11(17)14-10)15-12(18)7-3-1-2-4-8(7)13(15)19;16-12-7-3-1-2-4-8(7)13(17)15(12)9-5-6-10(18)14-11(9)19;16-12-7-3-1-2-4-8(7)13(19)15(12)9-5-6-10(17)14-11(9)18;/h1-4,9H,5-6H2,(H,14,16,17);1-4,9H,5-6H2,(H,14,18,19);1-4,9H,5-6H2,(H,14,17,18);1H4. The van der Waals surface area contributed by atoms with E-state index < -0.39 is 29.8 Å². The molecule has 0 bridgehead atoms. The summed E-state index contributed by atoms with van der Waals surface area (Å²) in [5.74, 6) is -2.54. The summed E-state index contributed by atoms with van der Waals surface area (Å²) in [6.07, 6.45) is 2.98. The second-order valence-corrected chi connectivity index (χ2v) is 15.7. The van der Waals surface area contributed by atoms with E-state index in [2.05, 4.69) is 16.0 Å². The molecule has 6 heterocycles. The van der Waals surface area contributed by atoms with Gasteiger partial charge in [0.1, 0.15) is 21.0 Å². The Hall–Kier alpha value is -5.40. The summed E-state index contributed by atoms with van der Waals surface area (Å²) < 4.78 is 0. The zero-order valence-electron chi connectivity index (χ0n) is 29.6. The normalized spacial score (nSPS) is 22.1. The van der Waals surface area contributed by atoms with Crippen LogP contribution >= 0.6 is 61.1 Å². The van der Waals surface area contributed by atoms with Crippen LogP contribution < -0.4 is 16.0 Å². The van der Waals surface area contributed by atoms with E-state index in [0.29, 0.717) is 60.6 Å². The van der Waals surface area contributed by atoms with Crippen molar-refractivity contribution in [3.63, 3.8) is 0 Å². The molecule has 6 aliphatic rings. The molecule has 3 unspecified atom stereocenters. The Bertz CT molecular complexity index is 2040. The van der Waals surface area contributed by atoms with Crippen LogP contribution in [0.5, 0.6) is 0 Å². The predicted molar refractivity (Wildman–Crippen MR) is 234 cm³/mol. The molecule has 58 heavy (non-hydrogen) atoms. The molecule has 3 atom stereocenters. The van der Waals surface area contributed by atoms with Gasteiger partial charge in [-0.3, -0.25) is 53.6 Å². The largest absolute Gasteiger partial charge is 0.343 e. The SMILES string of the molecule is C.O=C1CCC(N2C(=O)c3ccccc3C2=O)C(=O)N1.O=C1c2ccccc2C(=O)N1C1CCC(=S)NC1=S.O=C1c2ccccc2C(=S)N1C1CCC(=S)NC1=S. The lowest BCUT2D eigenvalue weighted by Gasteiger charge is -2.32. The molecule has 18 heteroatoms. The second-order valence-electron chi connectivity index (χ2n) is 13.5. The lowest BCUT2D eigenvalue weighted by atomic mass is 10.0. The van der Waals surface area contributed by atoms with Crippen LogP contribution in [0.25, 0.3) is 0 Å². The molecule has 3 N–H and O–H groups in total. The molecule has 7 amide bonds. The van der Waals surface area contributed by atoms with Crippen molar-refractivity contribution in [3.8, 4) is 0 Å². The maximum atomic E-state index is 12.5. The molecule has 0 radical (unpaired) electrons. The highest BCUT2D eigenvalue weighted by Gasteiger charge is 2.45. The van der Waals surface area contributed by atoms with E-state index in [1.807, 2.05) is 18.2 Å². The Morgan fingerprint density at radius 2 is 0.759 bits per heavy atom. The molecule has 296 valence electrons. The number of amides is 7. The van der Waals surface area contributed by atoms with Crippen molar-refractivity contribution in [2.45, 2.75) is 64.1 Å². The number of imide groups is 3. The predicted octanol–water partition coefficient (Wildman–Crippen LogP) is 4.64. The minimum Gasteiger partial charge on any atom is -0.343 e. The highest BCUT2D eigenvalue weighted by atomic mass is 32.1. The van der Waals surface area contributed by atoms with Gasteiger partial charge < -0.3 is 10.6 Å². The molecule has 0 spiro atoms. The molecule has 0 saturated carbocycles. The van der Waals surface area contributed by atoms with Gasteiger partial charge in [0.2, 0.25) is 11.8 Å². The van der Waals surface area contributed by atoms with E-state index >= 15 is 0 Å². The summed E-state index contributed by atoms with van der Waals surface area (Å²) in [5.41, 5.74) is 2.98. The van der Waals surface area contributed by atoms with Crippen molar-refractivity contribution < 1.29 is 33.6 Å². The van der Waals surface area contributed by atoms with Crippen LogP contribution in [0.4, 0.5) is 0 Å². The van der Waals surface area contributed by atoms with Gasteiger partial charge in [0.05, 0.1) is 49.9 Å². The Morgan fingerprint density at radius 1 is 0.431 bits per heavy atom. The average Bonchev–Trinajstić information content (AvgIpc) is 3.71. The van der Waals surface area contributed by atoms with Crippen molar-refractivity contribution in [3.05, 3.63) is 106 Å². The lowest BCUT2D eigenvalue weighted by Crippen LogP contribution is -2.54. The van der Waals surface area contributed by atoms with Crippen LogP contribution in [0, 0.1) is 0 Å². The maximum absolute atomic E-state index is 12.5. The molecule has 9 rings (SSSR count). The van der Waals surface area contributed by atoms with Gasteiger partial charge >= 0.3 is 0 Å². The first-order chi connectivity index (χ1) is 27.3. The van der Waals surface area contributed by atoms with Crippen LogP contribution in [-0.4, -0.2) is 99.1 Å². The fourth-order valence-electron chi connectivity index (χ4n) is 7.26. The molecule has 3 saturated heterocycles. The Kier molecular flexibility index (Phi) is 12.5. The smallest absolute Gasteiger partial charge is 0.262 e. The number of piperidine rings is 3. The van der Waals surface area contributed by atoms with Gasteiger partial charge in [0, 0.05) is 24.8 Å². The summed E-state index contributed by atoms with van der Waals surface area (Å²) in [6.45, 7) is 0. The maximum Gasteiger partial charge on any atom is 0.262 e. The number of nitrogens with zero attached hydrogens (tertiary/aromatic N) is 3. The van der Waals surface area contributed by atoms with Crippen molar-refractivity contribution in [2.24, 2.45) is 0 Å². The van der Waals surface area contributed by atoms with E-state index in [-0.39, 0.29) is 49.9 Å². The van der Waals surface area contributed by atoms with Crippen molar-refractivity contribution in [2.75, 3.05) is 0 Å². The van der Waals surface area contributed by atoms with Gasteiger partial charge in [-0.05, 0) is 49.6 Å². The number of hydrogen-bond donors (Lipinski definition) is 3. The third-order valence-electron chi connectivity index (χ3n) is 10.0. The molecule has 3 aromatic rings. The van der Waals surface area contributed by atoms with E-state index in [1.54, 1.807) is 59.5 Å². The Labute approximate surface area is 359 Å². The third-order valence-corrected chi connectivity index (χ3v) is 11.8. The van der Waals surface area contributed by atoms with Gasteiger partial charge in [-0.2, -0.15) is 0 Å². The molecule has 13 nitrogen and oxygen atoms in total. The van der Waals surface area contributed by atoms with E-state index in [4.69, 9.17) is 61.1 Å². The van der Waals surface area contributed by atoms with Crippen molar-refractivity contribution >= 4 is 127 Å². The minimum absolute atomic E-state index is 0. The van der Waals surface area contributed by atoms with Crippen LogP contribution in [0.15, 0.2) is 72.8 Å². The van der Waals surface area contributed by atoms with Crippen LogP contribution in [0.3, 0.4) is 0 Å². The summed E-state index contributed by atoms with van der Waals surface area (Å²) in [6, 6.07) is 19.2. The molecular weight excluding hydrogens is 837 g/mol. The fraction of sp³-hybridized carbons (Fsp3) is 0.250. The molecule has 3 fully saturated rings. The summed E-state index contributed by atoms with van der Waals surface area (Å²) in [5, 5.41) is 8.02. The highest BCUT2D eigenvalue weighted by Crippen LogP contribution is 2.30. The molecule has 6 aliphatic heterocycles. The fourth-order valence-corrected chi connectivity index (χ4v) is 8.92.